The minimum Gasteiger partial charge on any atom is -0.360 e. The molecule has 72 valence electrons. The second-order valence-corrected chi connectivity index (χ2v) is 3.37. The van der Waals surface area contributed by atoms with Crippen LogP contribution in [0.25, 0.3) is 11.4 Å². The number of hydrogen-bond donors (Lipinski definition) is 2. The van der Waals surface area contributed by atoms with E-state index in [9.17, 15) is 0 Å². The summed E-state index contributed by atoms with van der Waals surface area (Å²) in [5.74, 6) is 1.33. The lowest BCUT2D eigenvalue weighted by atomic mass is 10.2. The smallest absolute Gasteiger partial charge is 0.138 e. The van der Waals surface area contributed by atoms with Crippen LogP contribution in [0, 0.1) is 6.92 Å². The van der Waals surface area contributed by atoms with Gasteiger partial charge in [0.1, 0.15) is 5.82 Å². The Morgan fingerprint density at radius 1 is 1.43 bits per heavy atom. The lowest BCUT2D eigenvalue weighted by Gasteiger charge is -2.02. The van der Waals surface area contributed by atoms with E-state index in [1.165, 1.54) is 0 Å². The Bertz CT molecular complexity index is 423. The van der Waals surface area contributed by atoms with Crippen LogP contribution in [-0.2, 0) is 5.75 Å². The van der Waals surface area contributed by atoms with Gasteiger partial charge in [-0.15, -0.1) is 0 Å². The lowest BCUT2D eigenvalue weighted by Crippen LogP contribution is -1.96. The minimum absolute atomic E-state index is 0.565. The summed E-state index contributed by atoms with van der Waals surface area (Å²) in [6, 6.07) is 5.90. The number of nitrogens with zero attached hydrogens (tertiary/aromatic N) is 2. The van der Waals surface area contributed by atoms with E-state index >= 15 is 0 Å². The van der Waals surface area contributed by atoms with Crippen LogP contribution < -0.4 is 0 Å². The summed E-state index contributed by atoms with van der Waals surface area (Å²) in [6.45, 7) is 1.96. The second kappa shape index (κ2) is 3.84. The van der Waals surface area contributed by atoms with Crippen molar-refractivity contribution in [3.8, 4) is 11.4 Å². The van der Waals surface area contributed by atoms with Crippen molar-refractivity contribution in [2.24, 2.45) is 0 Å². The normalized spacial score (nSPS) is 10.4. The number of H-pyrrole nitrogens is 1. The predicted octanol–water partition coefficient (Wildman–Crippen LogP) is 2.21. The number of thiol groups is 1. The molecule has 2 aromatic heterocycles. The third-order valence-electron chi connectivity index (χ3n) is 1.92. The minimum atomic E-state index is 0.565. The summed E-state index contributed by atoms with van der Waals surface area (Å²) in [7, 11) is 0. The quantitative estimate of drug-likeness (QED) is 0.738. The highest BCUT2D eigenvalue weighted by Crippen LogP contribution is 2.15. The average molecular weight is 205 g/mol. The largest absolute Gasteiger partial charge is 0.360 e. The zero-order valence-corrected chi connectivity index (χ0v) is 8.75. The van der Waals surface area contributed by atoms with Gasteiger partial charge in [-0.2, -0.15) is 12.6 Å². The Morgan fingerprint density at radius 3 is 2.93 bits per heavy atom. The van der Waals surface area contributed by atoms with Gasteiger partial charge in [0.25, 0.3) is 0 Å². The van der Waals surface area contributed by atoms with E-state index in [-0.39, 0.29) is 0 Å². The maximum Gasteiger partial charge on any atom is 0.138 e. The molecule has 2 rings (SSSR count). The first-order valence-electron chi connectivity index (χ1n) is 4.39. The summed E-state index contributed by atoms with van der Waals surface area (Å²) >= 11 is 4.17. The van der Waals surface area contributed by atoms with E-state index in [4.69, 9.17) is 0 Å². The van der Waals surface area contributed by atoms with Gasteiger partial charge < -0.3 is 4.98 Å². The van der Waals surface area contributed by atoms with Crippen LogP contribution in [0.3, 0.4) is 0 Å². The summed E-state index contributed by atoms with van der Waals surface area (Å²) in [5.41, 5.74) is 2.90. The Kier molecular flexibility index (Phi) is 2.54. The summed E-state index contributed by atoms with van der Waals surface area (Å²) in [5, 5.41) is 0. The van der Waals surface area contributed by atoms with Gasteiger partial charge in [-0.3, -0.25) is 0 Å². The number of aromatic nitrogens is 3. The molecule has 0 bridgehead atoms. The Morgan fingerprint density at radius 2 is 2.29 bits per heavy atom. The van der Waals surface area contributed by atoms with Crippen molar-refractivity contribution < 1.29 is 0 Å². The molecule has 0 aromatic carbocycles. The van der Waals surface area contributed by atoms with E-state index in [2.05, 4.69) is 27.6 Å². The van der Waals surface area contributed by atoms with E-state index in [1.54, 1.807) is 0 Å². The lowest BCUT2D eigenvalue weighted by molar-refractivity contribution is 1.000. The third kappa shape index (κ3) is 1.80. The van der Waals surface area contributed by atoms with Crippen molar-refractivity contribution >= 4 is 12.6 Å². The first-order chi connectivity index (χ1) is 6.79. The molecular formula is C10H11N3S. The van der Waals surface area contributed by atoms with E-state index in [0.29, 0.717) is 5.75 Å². The highest BCUT2D eigenvalue weighted by atomic mass is 32.1. The van der Waals surface area contributed by atoms with Crippen molar-refractivity contribution in [1.82, 2.24) is 15.0 Å². The first kappa shape index (κ1) is 9.27. The first-order valence-corrected chi connectivity index (χ1v) is 5.02. The predicted molar refractivity (Wildman–Crippen MR) is 59.2 cm³/mol. The van der Waals surface area contributed by atoms with Gasteiger partial charge in [0, 0.05) is 11.9 Å². The summed E-state index contributed by atoms with van der Waals surface area (Å²) in [6.07, 6.45) is 1.88. The van der Waals surface area contributed by atoms with Gasteiger partial charge in [-0.05, 0) is 25.1 Å². The van der Waals surface area contributed by atoms with Crippen molar-refractivity contribution in [3.05, 3.63) is 35.9 Å². The molecule has 0 spiro atoms. The van der Waals surface area contributed by atoms with Gasteiger partial charge in [-0.25, -0.2) is 9.97 Å². The van der Waals surface area contributed by atoms with E-state index in [1.807, 2.05) is 31.3 Å². The van der Waals surface area contributed by atoms with E-state index < -0.39 is 0 Å². The molecule has 3 nitrogen and oxygen atoms in total. The van der Waals surface area contributed by atoms with Crippen LogP contribution in [0.5, 0.6) is 0 Å². The zero-order valence-electron chi connectivity index (χ0n) is 7.86. The molecule has 0 unspecified atom stereocenters. The molecule has 14 heavy (non-hydrogen) atoms. The average Bonchev–Trinajstić information content (AvgIpc) is 2.69. The maximum absolute atomic E-state index is 4.38. The molecule has 0 radical (unpaired) electrons. The van der Waals surface area contributed by atoms with Crippen LogP contribution in [0.1, 0.15) is 11.5 Å². The molecule has 0 fully saturated rings. The highest BCUT2D eigenvalue weighted by molar-refractivity contribution is 7.79. The van der Waals surface area contributed by atoms with Crippen LogP contribution in [-0.4, -0.2) is 15.0 Å². The number of hydrogen-bond acceptors (Lipinski definition) is 3. The van der Waals surface area contributed by atoms with Gasteiger partial charge in [0.15, 0.2) is 0 Å². The fourth-order valence-corrected chi connectivity index (χ4v) is 1.47. The molecule has 0 amide bonds. The standard InChI is InChI=1S/C10H11N3S/c1-7-5-9(8-3-2-4-11-8)13-10(6-14)12-7/h2-5,11,14H,6H2,1H3. The molecule has 1 N–H and O–H groups in total. The highest BCUT2D eigenvalue weighted by Gasteiger charge is 2.03. The van der Waals surface area contributed by atoms with Crippen molar-refractivity contribution in [2.45, 2.75) is 12.7 Å². The second-order valence-electron chi connectivity index (χ2n) is 3.05. The third-order valence-corrected chi connectivity index (χ3v) is 2.20. The zero-order chi connectivity index (χ0) is 9.97. The monoisotopic (exact) mass is 205 g/mol. The molecule has 0 aliphatic rings. The number of rotatable bonds is 2. The van der Waals surface area contributed by atoms with Gasteiger partial charge in [0.2, 0.25) is 0 Å². The fourth-order valence-electron chi connectivity index (χ4n) is 1.33. The molecule has 4 heteroatoms. The molecule has 0 aliphatic heterocycles. The molecule has 0 saturated heterocycles. The summed E-state index contributed by atoms with van der Waals surface area (Å²) < 4.78 is 0. The van der Waals surface area contributed by atoms with Gasteiger partial charge >= 0.3 is 0 Å². The molecule has 0 atom stereocenters. The van der Waals surface area contributed by atoms with Crippen molar-refractivity contribution in [1.29, 1.82) is 0 Å². The topological polar surface area (TPSA) is 41.6 Å². The Hall–Kier alpha value is -1.29. The van der Waals surface area contributed by atoms with Crippen LogP contribution >= 0.6 is 12.6 Å². The fraction of sp³-hybridized carbons (Fsp3) is 0.200. The van der Waals surface area contributed by atoms with Crippen molar-refractivity contribution in [3.63, 3.8) is 0 Å². The van der Waals surface area contributed by atoms with Gasteiger partial charge in [0.05, 0.1) is 17.1 Å². The van der Waals surface area contributed by atoms with Crippen LogP contribution in [0.4, 0.5) is 0 Å². The number of aromatic amines is 1. The Balaban J connectivity index is 2.48. The number of nitrogens with one attached hydrogen (secondary N) is 1. The molecule has 0 saturated carbocycles. The maximum atomic E-state index is 4.38. The van der Waals surface area contributed by atoms with Crippen LogP contribution in [0.2, 0.25) is 0 Å². The molecular weight excluding hydrogens is 194 g/mol. The van der Waals surface area contributed by atoms with E-state index in [0.717, 1.165) is 22.9 Å². The van der Waals surface area contributed by atoms with Crippen LogP contribution in [0.15, 0.2) is 24.4 Å². The van der Waals surface area contributed by atoms with Crippen molar-refractivity contribution in [2.75, 3.05) is 0 Å². The SMILES string of the molecule is Cc1cc(-c2ccc[nH]2)nc(CS)n1. The Labute approximate surface area is 88.0 Å². The molecule has 2 aromatic rings. The molecule has 0 aliphatic carbocycles. The number of aryl methyl sites for hydroxylation is 1. The molecule has 2 heterocycles. The van der Waals surface area contributed by atoms with Gasteiger partial charge in [-0.1, -0.05) is 0 Å². The summed E-state index contributed by atoms with van der Waals surface area (Å²) in [4.78, 5) is 11.8.